The minimum Gasteiger partial charge on any atom is -0.380 e. The Bertz CT molecular complexity index is 1900. The molecule has 3 fully saturated rings. The Morgan fingerprint density at radius 3 is 0.989 bits per heavy atom. The quantitative estimate of drug-likeness (QED) is 0.0349. The van der Waals surface area contributed by atoms with Gasteiger partial charge in [0, 0.05) is 81.5 Å². The van der Waals surface area contributed by atoms with Crippen LogP contribution in [0.3, 0.4) is 0 Å². The van der Waals surface area contributed by atoms with E-state index < -0.39 is 11.3 Å². The number of ketones is 1. The summed E-state index contributed by atoms with van der Waals surface area (Å²) in [5.41, 5.74) is -1.06. The van der Waals surface area contributed by atoms with Gasteiger partial charge in [-0.15, -0.1) is 6.42 Å². The van der Waals surface area contributed by atoms with Crippen LogP contribution in [0.5, 0.6) is 0 Å². The molecule has 4 N–H and O–H groups in total. The number of hydrogen-bond acceptors (Lipinski definition) is 20. The molecule has 6 unspecified atom stereocenters. The number of amides is 4. The Kier molecular flexibility index (Phi) is 46.6. The molecule has 3 aliphatic heterocycles. The first-order valence-corrected chi connectivity index (χ1v) is 35.9. The summed E-state index contributed by atoms with van der Waals surface area (Å²) in [6.07, 6.45) is 10.0. The van der Waals surface area contributed by atoms with E-state index in [2.05, 4.69) is 104 Å². The molecule has 0 spiro atoms. The van der Waals surface area contributed by atoms with Crippen LogP contribution in [0.1, 0.15) is 154 Å². The second-order valence-corrected chi connectivity index (χ2v) is 26.3. The van der Waals surface area contributed by atoms with Crippen LogP contribution < -0.4 is 21.3 Å². The Hall–Kier alpha value is -3.49. The Balaban J connectivity index is 1.47. The predicted octanol–water partition coefficient (Wildman–Crippen LogP) is 7.09. The fourth-order valence-electron chi connectivity index (χ4n) is 12.1. The fourth-order valence-corrected chi connectivity index (χ4v) is 12.1. The summed E-state index contributed by atoms with van der Waals surface area (Å²) in [6.45, 7) is 33.2. The van der Waals surface area contributed by atoms with Crippen molar-refractivity contribution in [3.8, 4) is 12.3 Å². The average molecular weight is 1360 g/mol. The molecule has 95 heavy (non-hydrogen) atoms. The van der Waals surface area contributed by atoms with E-state index >= 15 is 0 Å². The highest BCUT2D eigenvalue weighted by Gasteiger charge is 2.41. The molecule has 3 saturated heterocycles. The average Bonchev–Trinajstić information content (AvgIpc) is 0.859. The molecular formula is C71H128N4O20. The van der Waals surface area contributed by atoms with Gasteiger partial charge in [0.25, 0.3) is 5.91 Å². The molecule has 0 saturated carbocycles. The van der Waals surface area contributed by atoms with E-state index in [0.717, 1.165) is 19.3 Å². The number of hydrogen-bond donors (Lipinski definition) is 4. The van der Waals surface area contributed by atoms with Gasteiger partial charge < -0.3 is 92.3 Å². The van der Waals surface area contributed by atoms with E-state index in [1.807, 2.05) is 5.92 Å². The van der Waals surface area contributed by atoms with E-state index in [1.54, 1.807) is 0 Å². The third-order valence-electron chi connectivity index (χ3n) is 19.3. The number of ether oxygens (including phenoxy) is 15. The van der Waals surface area contributed by atoms with Gasteiger partial charge in [0.15, 0.2) is 18.9 Å². The lowest BCUT2D eigenvalue weighted by Gasteiger charge is -2.43. The molecule has 0 radical (unpaired) electrons. The minimum absolute atomic E-state index is 0.00788. The normalized spacial score (nSPS) is 26.7. The van der Waals surface area contributed by atoms with Crippen molar-refractivity contribution in [1.29, 1.82) is 0 Å². The SMILES string of the molecule is C#CC(=O)NCCCCCC(=O)CC(COCCC(=O)NCCOCCOCCO[C@@H]1OC(CC)[C@@H](C)[C@H](C)C1C)(COCCC(=O)NCCOCCOCCO[C@H]1OC(CC)[C@@H](C)[C@H](C)C1C)COCCC(=O)NCCOCCOCCO[C@H]1OC(CC)[C@@H](C)[C@H](C)C1C. The molecule has 3 rings (SSSR count). The van der Waals surface area contributed by atoms with Crippen LogP contribution in [-0.4, -0.2) is 232 Å². The van der Waals surface area contributed by atoms with Crippen molar-refractivity contribution in [2.45, 2.75) is 191 Å². The van der Waals surface area contributed by atoms with Crippen molar-refractivity contribution in [2.75, 3.05) is 165 Å². The standard InChI is InChI=1S/C71H128N4O20/c1-14-61-54(8)51(5)57(11)68(93-61)90-44-41-84-38-35-81-32-26-73-65(78)22-29-87-48-71(47-60(76)21-19-18-20-25-72-64(77)17-4,49-88-30-23-66(79)74-27-33-82-36-39-85-42-45-91-69-58(12)52(6)55(9)62(15-2)94-69)50-89-31-24-67(80)75-28-34-83-37-40-86-43-46-92-70-59(13)53(7)56(10)63(16-3)95-70/h4,51-59,61-63,68-70H,14-16,18-50H2,1-3,5-13H3,(H,72,77)(H,73,78)(H,74,79)(H,75,80)/t51-,52-,53-,54-,55-,56-,57?,58?,59?,61?,62?,63?,68-,69-,70+,71?/m0/s1. The number of carbonyl (C=O) groups is 5. The maximum absolute atomic E-state index is 13.8. The lowest BCUT2D eigenvalue weighted by atomic mass is 9.78. The van der Waals surface area contributed by atoms with Gasteiger partial charge >= 0.3 is 0 Å². The van der Waals surface area contributed by atoms with Crippen molar-refractivity contribution >= 4 is 29.4 Å². The molecule has 15 atom stereocenters. The molecule has 3 heterocycles. The zero-order valence-electron chi connectivity index (χ0n) is 60.4. The molecule has 0 aromatic rings. The molecule has 0 aromatic carbocycles. The van der Waals surface area contributed by atoms with Gasteiger partial charge in [-0.2, -0.15) is 0 Å². The number of terminal acetylenes is 1. The Labute approximate surface area is 570 Å². The van der Waals surface area contributed by atoms with Crippen LogP contribution in [0.25, 0.3) is 0 Å². The number of unbranched alkanes of at least 4 members (excludes halogenated alkanes) is 2. The van der Waals surface area contributed by atoms with Gasteiger partial charge in [-0.25, -0.2) is 0 Å². The predicted molar refractivity (Wildman–Crippen MR) is 360 cm³/mol. The van der Waals surface area contributed by atoms with Gasteiger partial charge in [-0.3, -0.25) is 24.0 Å². The van der Waals surface area contributed by atoms with E-state index in [1.165, 1.54) is 0 Å². The summed E-state index contributed by atoms with van der Waals surface area (Å²) < 4.78 is 89.5. The molecule has 4 amide bonds. The molecule has 0 aromatic heterocycles. The number of Topliss-reactive ketones (excluding diaryl/α,β-unsaturated/α-hetero) is 1. The molecule has 552 valence electrons. The van der Waals surface area contributed by atoms with Crippen molar-refractivity contribution in [3.05, 3.63) is 0 Å². The number of nitrogens with one attached hydrogen (secondary N) is 4. The van der Waals surface area contributed by atoms with Crippen LogP contribution in [-0.2, 0) is 95.0 Å². The van der Waals surface area contributed by atoms with E-state index in [0.29, 0.717) is 141 Å². The van der Waals surface area contributed by atoms with Crippen molar-refractivity contribution in [2.24, 2.45) is 58.7 Å². The van der Waals surface area contributed by atoms with Crippen LogP contribution in [0.2, 0.25) is 0 Å². The van der Waals surface area contributed by atoms with Crippen LogP contribution in [0.4, 0.5) is 0 Å². The Morgan fingerprint density at radius 1 is 0.358 bits per heavy atom. The van der Waals surface area contributed by atoms with Crippen LogP contribution in [0.15, 0.2) is 0 Å². The lowest BCUT2D eigenvalue weighted by Crippen LogP contribution is -2.45. The molecular weight excluding hydrogens is 1230 g/mol. The fraction of sp³-hybridized carbons (Fsp3) is 0.901. The van der Waals surface area contributed by atoms with Crippen LogP contribution in [0, 0.1) is 71.0 Å². The zero-order valence-corrected chi connectivity index (χ0v) is 60.4. The summed E-state index contributed by atoms with van der Waals surface area (Å²) in [4.78, 5) is 64.2. The first kappa shape index (κ1) is 85.7. The first-order valence-electron chi connectivity index (χ1n) is 35.9. The first-order chi connectivity index (χ1) is 45.8. The van der Waals surface area contributed by atoms with Gasteiger partial charge in [0.1, 0.15) is 5.78 Å². The summed E-state index contributed by atoms with van der Waals surface area (Å²) >= 11 is 0. The Morgan fingerprint density at radius 2 is 0.674 bits per heavy atom. The van der Waals surface area contributed by atoms with E-state index in [9.17, 15) is 24.0 Å². The molecule has 0 aliphatic carbocycles. The molecule has 3 aliphatic rings. The van der Waals surface area contributed by atoms with E-state index in [-0.39, 0.29) is 190 Å². The topological polar surface area (TPSA) is 272 Å². The van der Waals surface area contributed by atoms with Crippen molar-refractivity contribution in [1.82, 2.24) is 21.3 Å². The summed E-state index contributed by atoms with van der Waals surface area (Å²) in [7, 11) is 0. The summed E-state index contributed by atoms with van der Waals surface area (Å²) in [5.74, 6) is 4.52. The molecule has 24 heteroatoms. The number of carbonyl (C=O) groups excluding carboxylic acids is 5. The van der Waals surface area contributed by atoms with Gasteiger partial charge in [0.2, 0.25) is 17.7 Å². The molecule has 24 nitrogen and oxygen atoms in total. The summed E-state index contributed by atoms with van der Waals surface area (Å²) in [5, 5.41) is 11.2. The van der Waals surface area contributed by atoms with E-state index in [4.69, 9.17) is 77.5 Å². The van der Waals surface area contributed by atoms with Gasteiger partial charge in [-0.05, 0) is 73.5 Å². The highest BCUT2D eigenvalue weighted by atomic mass is 16.7. The minimum atomic E-state index is -1.06. The van der Waals surface area contributed by atoms with Crippen LogP contribution >= 0.6 is 0 Å². The number of rotatable bonds is 56. The highest BCUT2D eigenvalue weighted by molar-refractivity contribution is 5.92. The van der Waals surface area contributed by atoms with Crippen molar-refractivity contribution in [3.63, 3.8) is 0 Å². The maximum atomic E-state index is 13.8. The van der Waals surface area contributed by atoms with Gasteiger partial charge in [0.05, 0.1) is 157 Å². The highest BCUT2D eigenvalue weighted by Crippen LogP contribution is 2.39. The third-order valence-corrected chi connectivity index (χ3v) is 19.3. The third kappa shape index (κ3) is 35.4. The second-order valence-electron chi connectivity index (χ2n) is 26.3. The monoisotopic (exact) mass is 1360 g/mol. The maximum Gasteiger partial charge on any atom is 0.295 e. The van der Waals surface area contributed by atoms with Gasteiger partial charge in [-0.1, -0.05) is 89.5 Å². The lowest BCUT2D eigenvalue weighted by molar-refractivity contribution is -0.251. The largest absolute Gasteiger partial charge is 0.380 e. The zero-order chi connectivity index (χ0) is 69.6. The smallest absolute Gasteiger partial charge is 0.295 e. The van der Waals surface area contributed by atoms with Crippen molar-refractivity contribution < 1.29 is 95.0 Å². The molecule has 0 bridgehead atoms. The summed E-state index contributed by atoms with van der Waals surface area (Å²) in [6, 6.07) is 0. The second kappa shape index (κ2) is 51.6.